The van der Waals surface area contributed by atoms with Crippen LogP contribution >= 0.6 is 23.2 Å². The lowest BCUT2D eigenvalue weighted by atomic mass is 10.2. The molecule has 23 heavy (non-hydrogen) atoms. The van der Waals surface area contributed by atoms with Crippen molar-refractivity contribution in [1.29, 1.82) is 0 Å². The SMILES string of the molecule is CC(C)CNC(=O)c1cc(S(=O)(=O)N2CCCC2)c(Cl)cc1Cl. The number of hydrogen-bond donors (Lipinski definition) is 1. The molecular weight excluding hydrogens is 359 g/mol. The molecule has 0 aromatic heterocycles. The molecule has 1 aromatic carbocycles. The molecule has 128 valence electrons. The normalized spacial score (nSPS) is 16.0. The van der Waals surface area contributed by atoms with Gasteiger partial charge in [0.2, 0.25) is 10.0 Å². The van der Waals surface area contributed by atoms with E-state index in [1.807, 2.05) is 13.8 Å². The minimum atomic E-state index is -3.71. The van der Waals surface area contributed by atoms with Gasteiger partial charge in [0.25, 0.3) is 5.91 Å². The fourth-order valence-electron chi connectivity index (χ4n) is 2.36. The van der Waals surface area contributed by atoms with E-state index in [4.69, 9.17) is 23.2 Å². The summed E-state index contributed by atoms with van der Waals surface area (Å²) < 4.78 is 26.7. The number of nitrogens with one attached hydrogen (secondary N) is 1. The summed E-state index contributed by atoms with van der Waals surface area (Å²) in [5.74, 6) is -0.129. The van der Waals surface area contributed by atoms with Crippen LogP contribution in [0.1, 0.15) is 37.0 Å². The number of hydrogen-bond acceptors (Lipinski definition) is 3. The third kappa shape index (κ3) is 4.18. The van der Waals surface area contributed by atoms with Gasteiger partial charge < -0.3 is 5.32 Å². The summed E-state index contributed by atoms with van der Waals surface area (Å²) in [7, 11) is -3.71. The number of amides is 1. The molecule has 1 amide bonds. The fraction of sp³-hybridized carbons (Fsp3) is 0.533. The average Bonchev–Trinajstić information content (AvgIpc) is 2.99. The van der Waals surface area contributed by atoms with Gasteiger partial charge in [-0.05, 0) is 30.9 Å². The van der Waals surface area contributed by atoms with Crippen LogP contribution in [-0.4, -0.2) is 38.3 Å². The lowest BCUT2D eigenvalue weighted by Crippen LogP contribution is -2.30. The zero-order chi connectivity index (χ0) is 17.2. The van der Waals surface area contributed by atoms with Crippen LogP contribution < -0.4 is 5.32 Å². The lowest BCUT2D eigenvalue weighted by molar-refractivity contribution is 0.0949. The summed E-state index contributed by atoms with van der Waals surface area (Å²) in [5, 5.41) is 2.90. The molecule has 2 rings (SSSR count). The van der Waals surface area contributed by atoms with Crippen molar-refractivity contribution in [1.82, 2.24) is 9.62 Å². The third-order valence-corrected chi connectivity index (χ3v) is 6.30. The Hall–Kier alpha value is -0.820. The minimum Gasteiger partial charge on any atom is -0.352 e. The van der Waals surface area contributed by atoms with Crippen molar-refractivity contribution in [2.45, 2.75) is 31.6 Å². The number of rotatable bonds is 5. The summed E-state index contributed by atoms with van der Waals surface area (Å²) in [4.78, 5) is 12.2. The highest BCUT2D eigenvalue weighted by atomic mass is 35.5. The molecule has 1 aromatic rings. The predicted octanol–water partition coefficient (Wildman–Crippen LogP) is 3.16. The van der Waals surface area contributed by atoms with E-state index in [-0.39, 0.29) is 26.4 Å². The molecular formula is C15H20Cl2N2O3S. The van der Waals surface area contributed by atoms with E-state index >= 15 is 0 Å². The Morgan fingerprint density at radius 3 is 2.39 bits per heavy atom. The van der Waals surface area contributed by atoms with Gasteiger partial charge in [-0.15, -0.1) is 0 Å². The number of benzene rings is 1. The maximum absolute atomic E-state index is 12.7. The van der Waals surface area contributed by atoms with Crippen molar-refractivity contribution < 1.29 is 13.2 Å². The molecule has 1 N–H and O–H groups in total. The van der Waals surface area contributed by atoms with Crippen LogP contribution in [0.15, 0.2) is 17.0 Å². The van der Waals surface area contributed by atoms with Crippen LogP contribution in [-0.2, 0) is 10.0 Å². The number of sulfonamides is 1. The number of carbonyl (C=O) groups is 1. The molecule has 0 atom stereocenters. The molecule has 0 spiro atoms. The van der Waals surface area contributed by atoms with E-state index in [1.54, 1.807) is 0 Å². The van der Waals surface area contributed by atoms with E-state index in [2.05, 4.69) is 5.32 Å². The topological polar surface area (TPSA) is 66.5 Å². The molecule has 1 aliphatic rings. The van der Waals surface area contributed by atoms with E-state index in [9.17, 15) is 13.2 Å². The summed E-state index contributed by atoms with van der Waals surface area (Å²) in [6, 6.07) is 2.59. The first-order valence-corrected chi connectivity index (χ1v) is 9.70. The van der Waals surface area contributed by atoms with Crippen LogP contribution in [0.4, 0.5) is 0 Å². The maximum atomic E-state index is 12.7. The standard InChI is InChI=1S/C15H20Cl2N2O3S/c1-10(2)9-18-15(20)11-7-14(13(17)8-12(11)16)23(21,22)19-5-3-4-6-19/h7-8,10H,3-6,9H2,1-2H3,(H,18,20). The van der Waals surface area contributed by atoms with Crippen molar-refractivity contribution in [2.75, 3.05) is 19.6 Å². The molecule has 0 aliphatic carbocycles. The molecule has 5 nitrogen and oxygen atoms in total. The molecule has 8 heteroatoms. The van der Waals surface area contributed by atoms with Crippen LogP contribution in [0, 0.1) is 5.92 Å². The average molecular weight is 379 g/mol. The van der Waals surface area contributed by atoms with Gasteiger partial charge in [-0.1, -0.05) is 37.0 Å². The molecule has 1 saturated heterocycles. The Kier molecular flexibility index (Phi) is 5.94. The highest BCUT2D eigenvalue weighted by molar-refractivity contribution is 7.89. The van der Waals surface area contributed by atoms with Crippen LogP contribution in [0.25, 0.3) is 0 Å². The van der Waals surface area contributed by atoms with Gasteiger partial charge in [-0.3, -0.25) is 4.79 Å². The Balaban J connectivity index is 2.38. The summed E-state index contributed by atoms with van der Waals surface area (Å²) in [6.07, 6.45) is 1.65. The molecule has 0 bridgehead atoms. The second kappa shape index (κ2) is 7.38. The Morgan fingerprint density at radius 2 is 1.83 bits per heavy atom. The maximum Gasteiger partial charge on any atom is 0.252 e. The van der Waals surface area contributed by atoms with Crippen molar-refractivity contribution in [3.05, 3.63) is 27.7 Å². The Morgan fingerprint density at radius 1 is 1.22 bits per heavy atom. The van der Waals surface area contributed by atoms with Gasteiger partial charge in [0, 0.05) is 19.6 Å². The van der Waals surface area contributed by atoms with Gasteiger partial charge in [0.15, 0.2) is 0 Å². The highest BCUT2D eigenvalue weighted by Crippen LogP contribution is 2.32. The largest absolute Gasteiger partial charge is 0.352 e. The van der Waals surface area contributed by atoms with Gasteiger partial charge >= 0.3 is 0 Å². The number of nitrogens with zero attached hydrogens (tertiary/aromatic N) is 1. The molecule has 0 unspecified atom stereocenters. The molecule has 1 heterocycles. The van der Waals surface area contributed by atoms with E-state index in [0.29, 0.717) is 19.6 Å². The van der Waals surface area contributed by atoms with Crippen LogP contribution in [0.5, 0.6) is 0 Å². The van der Waals surface area contributed by atoms with E-state index in [0.717, 1.165) is 12.8 Å². The first kappa shape index (κ1) is 18.5. The molecule has 0 saturated carbocycles. The first-order chi connectivity index (χ1) is 10.7. The summed E-state index contributed by atoms with van der Waals surface area (Å²) in [6.45, 7) is 5.35. The van der Waals surface area contributed by atoms with Gasteiger partial charge in [-0.2, -0.15) is 4.31 Å². The minimum absolute atomic E-state index is 0.0299. The highest BCUT2D eigenvalue weighted by Gasteiger charge is 2.30. The zero-order valence-electron chi connectivity index (χ0n) is 13.1. The number of halogens is 2. The van der Waals surface area contributed by atoms with Crippen molar-refractivity contribution >= 4 is 39.1 Å². The second-order valence-corrected chi connectivity index (χ2v) is 8.70. The van der Waals surface area contributed by atoms with E-state index in [1.165, 1.54) is 16.4 Å². The molecule has 0 radical (unpaired) electrons. The fourth-order valence-corrected chi connectivity index (χ4v) is 4.71. The summed E-state index contributed by atoms with van der Waals surface area (Å²) in [5.41, 5.74) is 0.120. The van der Waals surface area contributed by atoms with Crippen LogP contribution in [0.3, 0.4) is 0 Å². The monoisotopic (exact) mass is 378 g/mol. The first-order valence-electron chi connectivity index (χ1n) is 7.51. The number of carbonyl (C=O) groups excluding carboxylic acids is 1. The van der Waals surface area contributed by atoms with Crippen molar-refractivity contribution in [3.8, 4) is 0 Å². The zero-order valence-corrected chi connectivity index (χ0v) is 15.4. The predicted molar refractivity (Wildman–Crippen MR) is 91.6 cm³/mol. The van der Waals surface area contributed by atoms with Crippen LogP contribution in [0.2, 0.25) is 10.0 Å². The smallest absolute Gasteiger partial charge is 0.252 e. The third-order valence-electron chi connectivity index (χ3n) is 3.62. The summed E-state index contributed by atoms with van der Waals surface area (Å²) >= 11 is 12.1. The second-order valence-electron chi connectivity index (χ2n) is 5.98. The lowest BCUT2D eigenvalue weighted by Gasteiger charge is -2.18. The van der Waals surface area contributed by atoms with Gasteiger partial charge in [0.05, 0.1) is 15.6 Å². The van der Waals surface area contributed by atoms with Gasteiger partial charge in [-0.25, -0.2) is 8.42 Å². The molecule has 1 aliphatic heterocycles. The van der Waals surface area contributed by atoms with Gasteiger partial charge in [0.1, 0.15) is 4.90 Å². The van der Waals surface area contributed by atoms with E-state index < -0.39 is 15.9 Å². The van der Waals surface area contributed by atoms with Crippen molar-refractivity contribution in [2.24, 2.45) is 5.92 Å². The molecule has 1 fully saturated rings. The quantitative estimate of drug-likeness (QED) is 0.855. The van der Waals surface area contributed by atoms with Crippen molar-refractivity contribution in [3.63, 3.8) is 0 Å². The Bertz CT molecular complexity index is 699. The Labute approximate surface area is 147 Å².